The van der Waals surface area contributed by atoms with Crippen LogP contribution in [0.4, 0.5) is 0 Å². The summed E-state index contributed by atoms with van der Waals surface area (Å²) in [6.45, 7) is 1.48. The monoisotopic (exact) mass is 471 g/mol. The molecule has 2 rings (SSSR count). The van der Waals surface area contributed by atoms with Crippen molar-refractivity contribution >= 4 is 12.1 Å². The number of hydrogen-bond acceptors (Lipinski definition) is 4. The number of halogens is 2. The second kappa shape index (κ2) is 12.2. The topological polar surface area (TPSA) is 99.0 Å². The molecule has 25 heavy (non-hydrogen) atoms. The molecular weight excluding hydrogens is 454 g/mol. The Hall–Kier alpha value is -2.26. The lowest BCUT2D eigenvalue weighted by atomic mass is 10.2. The lowest BCUT2D eigenvalue weighted by Gasteiger charge is -1.96. The summed E-state index contributed by atoms with van der Waals surface area (Å²) in [6, 6.07) is 7.32. The number of hydrogen-bond donors (Lipinski definition) is 3. The van der Waals surface area contributed by atoms with Crippen LogP contribution in [0.25, 0.3) is 0 Å². The molecule has 0 radical (unpaired) electrons. The molecule has 0 saturated heterocycles. The number of oxime groups is 2. The quantitative estimate of drug-likeness (QED) is 0.0976. The van der Waals surface area contributed by atoms with Gasteiger partial charge in [-0.15, -0.1) is 0 Å². The average Bonchev–Trinajstić information content (AvgIpc) is 2.60. The Kier molecular flexibility index (Phi) is 11.1. The molecule has 0 saturated carbocycles. The van der Waals surface area contributed by atoms with Gasteiger partial charge in [0.2, 0.25) is 0 Å². The van der Waals surface area contributed by atoms with Crippen LogP contribution in [0.1, 0.15) is 11.1 Å². The summed E-state index contributed by atoms with van der Waals surface area (Å²) in [5.41, 5.74) is 7.03. The minimum atomic E-state index is 0. The highest BCUT2D eigenvalue weighted by atomic mass is 79.9. The molecule has 0 spiro atoms. The van der Waals surface area contributed by atoms with Crippen LogP contribution in [-0.4, -0.2) is 22.5 Å². The number of amidine groups is 1. The fourth-order valence-electron chi connectivity index (χ4n) is 1.94. The van der Waals surface area contributed by atoms with Gasteiger partial charge in [-0.25, -0.2) is 9.13 Å². The van der Waals surface area contributed by atoms with Crippen LogP contribution >= 0.6 is 0 Å². The van der Waals surface area contributed by atoms with E-state index in [-0.39, 0.29) is 39.8 Å². The lowest BCUT2D eigenvalue weighted by Crippen LogP contribution is -3.00. The fourth-order valence-corrected chi connectivity index (χ4v) is 1.94. The van der Waals surface area contributed by atoms with Crippen LogP contribution in [0.5, 0.6) is 0 Å². The molecule has 2 aromatic rings. The third-order valence-corrected chi connectivity index (χ3v) is 3.22. The van der Waals surface area contributed by atoms with Gasteiger partial charge in [0.1, 0.15) is 0 Å². The van der Waals surface area contributed by atoms with Crippen molar-refractivity contribution in [3.05, 3.63) is 72.3 Å². The van der Waals surface area contributed by atoms with Crippen molar-refractivity contribution in [1.29, 1.82) is 0 Å². The molecule has 0 aliphatic carbocycles. The molecule has 9 heteroatoms. The van der Waals surface area contributed by atoms with Gasteiger partial charge in [-0.3, -0.25) is 0 Å². The highest BCUT2D eigenvalue weighted by molar-refractivity contribution is 5.96. The minimum Gasteiger partial charge on any atom is -1.00 e. The third kappa shape index (κ3) is 7.44. The van der Waals surface area contributed by atoms with Crippen molar-refractivity contribution in [2.45, 2.75) is 13.1 Å². The van der Waals surface area contributed by atoms with E-state index in [1.807, 2.05) is 46.1 Å². The van der Waals surface area contributed by atoms with Gasteiger partial charge >= 0.3 is 0 Å². The van der Waals surface area contributed by atoms with Crippen LogP contribution in [0.3, 0.4) is 0 Å². The van der Waals surface area contributed by atoms with Gasteiger partial charge in [0.15, 0.2) is 43.7 Å². The summed E-state index contributed by atoms with van der Waals surface area (Å²) < 4.78 is 3.99. The Morgan fingerprint density at radius 1 is 0.920 bits per heavy atom. The SMILES string of the molecule is N/C(=N\O)c1cc[n+](C/C=C/C[n+]2ccc(/C=N\O)cc2)cc1.[Br-].[Br-]. The van der Waals surface area contributed by atoms with Gasteiger partial charge in [-0.05, 0) is 12.2 Å². The zero-order valence-corrected chi connectivity index (χ0v) is 16.5. The van der Waals surface area contributed by atoms with Gasteiger partial charge in [-0.1, -0.05) is 10.3 Å². The molecule has 134 valence electrons. The Labute approximate surface area is 167 Å². The van der Waals surface area contributed by atoms with Gasteiger partial charge in [0.25, 0.3) is 0 Å². The van der Waals surface area contributed by atoms with Gasteiger partial charge in [-0.2, -0.15) is 0 Å². The van der Waals surface area contributed by atoms with Crippen molar-refractivity contribution in [3.8, 4) is 0 Å². The molecule has 0 aromatic carbocycles. The maximum absolute atomic E-state index is 8.61. The van der Waals surface area contributed by atoms with E-state index in [2.05, 4.69) is 22.5 Å². The Morgan fingerprint density at radius 2 is 1.40 bits per heavy atom. The zero-order valence-electron chi connectivity index (χ0n) is 13.3. The van der Waals surface area contributed by atoms with E-state index >= 15 is 0 Å². The molecule has 2 heterocycles. The van der Waals surface area contributed by atoms with Gasteiger partial charge < -0.3 is 50.1 Å². The predicted octanol–water partition coefficient (Wildman–Crippen LogP) is -5.57. The van der Waals surface area contributed by atoms with E-state index in [4.69, 9.17) is 16.1 Å². The first-order chi connectivity index (χ1) is 11.2. The summed E-state index contributed by atoms with van der Waals surface area (Å²) in [5.74, 6) is 0.0961. The first kappa shape index (κ1) is 22.7. The van der Waals surface area contributed by atoms with E-state index < -0.39 is 0 Å². The number of nitrogens with zero attached hydrogens (tertiary/aromatic N) is 4. The van der Waals surface area contributed by atoms with Crippen LogP contribution in [0.15, 0.2) is 71.5 Å². The van der Waals surface area contributed by atoms with Crippen LogP contribution in [0, 0.1) is 0 Å². The summed E-state index contributed by atoms with van der Waals surface area (Å²) in [5, 5.41) is 23.0. The van der Waals surface area contributed by atoms with Crippen molar-refractivity contribution in [2.75, 3.05) is 0 Å². The number of aromatic nitrogens is 2. The Bertz CT molecular complexity index is 716. The second-order valence-corrected chi connectivity index (χ2v) is 4.81. The summed E-state index contributed by atoms with van der Waals surface area (Å²) in [4.78, 5) is 0. The Morgan fingerprint density at radius 3 is 1.84 bits per heavy atom. The van der Waals surface area contributed by atoms with E-state index in [9.17, 15) is 0 Å². The first-order valence-corrected chi connectivity index (χ1v) is 7.01. The number of nitrogens with two attached hydrogens (primary N) is 1. The highest BCUT2D eigenvalue weighted by Crippen LogP contribution is 1.94. The van der Waals surface area contributed by atoms with Crippen molar-refractivity contribution in [1.82, 2.24) is 0 Å². The predicted molar refractivity (Wildman–Crippen MR) is 84.3 cm³/mol. The smallest absolute Gasteiger partial charge is 0.170 e. The molecule has 0 unspecified atom stereocenters. The minimum absolute atomic E-state index is 0. The van der Waals surface area contributed by atoms with Gasteiger partial charge in [0, 0.05) is 35.4 Å². The molecule has 0 fully saturated rings. The maximum atomic E-state index is 8.61. The van der Waals surface area contributed by atoms with Crippen molar-refractivity contribution in [3.63, 3.8) is 0 Å². The molecule has 0 amide bonds. The van der Waals surface area contributed by atoms with Crippen molar-refractivity contribution in [2.24, 2.45) is 16.0 Å². The van der Waals surface area contributed by atoms with E-state index in [0.717, 1.165) is 18.7 Å². The first-order valence-electron chi connectivity index (χ1n) is 7.01. The average molecular weight is 473 g/mol. The largest absolute Gasteiger partial charge is 1.00 e. The zero-order chi connectivity index (χ0) is 16.5. The maximum Gasteiger partial charge on any atom is 0.170 e. The van der Waals surface area contributed by atoms with Crippen LogP contribution in [0.2, 0.25) is 0 Å². The molecular formula is C16H19Br2N5O2. The third-order valence-electron chi connectivity index (χ3n) is 3.22. The van der Waals surface area contributed by atoms with Crippen molar-refractivity contribution < 1.29 is 53.5 Å². The number of pyridine rings is 2. The number of rotatable bonds is 6. The second-order valence-electron chi connectivity index (χ2n) is 4.81. The Balaban J connectivity index is 0.00000288. The van der Waals surface area contributed by atoms with Crippen LogP contribution in [-0.2, 0) is 13.1 Å². The lowest BCUT2D eigenvalue weighted by molar-refractivity contribution is -0.691. The summed E-state index contributed by atoms with van der Waals surface area (Å²) >= 11 is 0. The highest BCUT2D eigenvalue weighted by Gasteiger charge is 2.02. The summed E-state index contributed by atoms with van der Waals surface area (Å²) in [7, 11) is 0. The van der Waals surface area contributed by atoms with Gasteiger partial charge in [0.05, 0.1) is 6.21 Å². The molecule has 0 aliphatic rings. The van der Waals surface area contributed by atoms with E-state index in [0.29, 0.717) is 5.56 Å². The van der Waals surface area contributed by atoms with E-state index in [1.54, 1.807) is 12.1 Å². The number of allylic oxidation sites excluding steroid dienone is 2. The molecule has 0 atom stereocenters. The van der Waals surface area contributed by atoms with E-state index in [1.165, 1.54) is 6.21 Å². The fraction of sp³-hybridized carbons (Fsp3) is 0.125. The van der Waals surface area contributed by atoms with Crippen LogP contribution < -0.4 is 48.8 Å². The molecule has 0 aliphatic heterocycles. The molecule has 7 nitrogen and oxygen atoms in total. The summed E-state index contributed by atoms with van der Waals surface area (Å²) in [6.07, 6.45) is 13.1. The normalized spacial score (nSPS) is 11.3. The molecule has 0 bridgehead atoms. The molecule has 4 N–H and O–H groups in total. The standard InChI is InChI=1S/C16H17N5O2.2BrH/c17-16(19-23)15-5-11-21(12-6-15)8-2-1-7-20-9-3-14(4-10-20)13-18-22;;/h1-6,9-13H,7-8,17H2;2*1H/b2-1+;;. The molecule has 2 aromatic heterocycles.